The first kappa shape index (κ1) is 16.3. The Bertz CT molecular complexity index is 646. The number of aryl methyl sites for hydroxylation is 3. The van der Waals surface area contributed by atoms with Gasteiger partial charge in [-0.05, 0) is 38.8 Å². The van der Waals surface area contributed by atoms with Crippen molar-refractivity contribution in [2.75, 3.05) is 11.1 Å². The van der Waals surface area contributed by atoms with E-state index >= 15 is 0 Å². The summed E-state index contributed by atoms with van der Waals surface area (Å²) >= 11 is 0. The molecular weight excluding hydrogens is 274 g/mol. The minimum absolute atomic E-state index is 0.437. The molecule has 0 aliphatic carbocycles. The third kappa shape index (κ3) is 3.61. The number of amides is 1. The van der Waals surface area contributed by atoms with E-state index in [0.717, 1.165) is 16.7 Å². The molecule has 20 heavy (non-hydrogen) atoms. The van der Waals surface area contributed by atoms with Gasteiger partial charge in [-0.2, -0.15) is 0 Å². The minimum Gasteiger partial charge on any atom is -0.324 e. The van der Waals surface area contributed by atoms with Crippen molar-refractivity contribution >= 4 is 21.4 Å². The fourth-order valence-electron chi connectivity index (χ4n) is 2.01. The summed E-state index contributed by atoms with van der Waals surface area (Å²) in [5.41, 5.74) is 3.55. The maximum absolute atomic E-state index is 12.1. The average Bonchev–Trinajstić information content (AvgIpc) is 2.32. The van der Waals surface area contributed by atoms with Crippen LogP contribution in [0.4, 0.5) is 5.69 Å². The number of rotatable bonds is 4. The van der Waals surface area contributed by atoms with Crippen LogP contribution in [0, 0.1) is 33.1 Å². The summed E-state index contributed by atoms with van der Waals surface area (Å²) < 4.78 is 23.6. The van der Waals surface area contributed by atoms with Crippen molar-refractivity contribution in [1.29, 1.82) is 0 Å². The average molecular weight is 293 g/mol. The molecule has 1 rings (SSSR count). The highest BCUT2D eigenvalue weighted by atomic mass is 32.2. The van der Waals surface area contributed by atoms with Crippen LogP contribution in [0.5, 0.6) is 0 Å². The zero-order valence-corrected chi connectivity index (χ0v) is 13.0. The molecule has 4 nitrogen and oxygen atoms in total. The number of hydrogen-bond acceptors (Lipinski definition) is 3. The summed E-state index contributed by atoms with van der Waals surface area (Å²) in [4.78, 5) is 12.1. The fraction of sp³-hybridized carbons (Fsp3) is 0.400. The quantitative estimate of drug-likeness (QED) is 0.863. The molecule has 0 spiro atoms. The Hall–Kier alpha value is -1.80. The van der Waals surface area contributed by atoms with Gasteiger partial charge >= 0.3 is 0 Å². The number of carbonyl (C=O) groups excluding carboxylic acids is 1. The van der Waals surface area contributed by atoms with Crippen molar-refractivity contribution in [3.8, 4) is 12.3 Å². The highest BCUT2D eigenvalue weighted by Crippen LogP contribution is 2.22. The van der Waals surface area contributed by atoms with Crippen LogP contribution in [0.15, 0.2) is 12.1 Å². The van der Waals surface area contributed by atoms with Gasteiger partial charge in [-0.25, -0.2) is 8.42 Å². The molecule has 0 saturated carbocycles. The Kier molecular flexibility index (Phi) is 4.96. The van der Waals surface area contributed by atoms with E-state index in [-0.39, 0.29) is 0 Å². The third-order valence-corrected chi connectivity index (χ3v) is 4.98. The molecule has 0 heterocycles. The predicted molar refractivity (Wildman–Crippen MR) is 81.4 cm³/mol. The summed E-state index contributed by atoms with van der Waals surface area (Å²) in [5, 5.41) is 1.52. The number of nitrogens with one attached hydrogen (secondary N) is 1. The Morgan fingerprint density at radius 3 is 2.25 bits per heavy atom. The molecule has 0 aromatic heterocycles. The summed E-state index contributed by atoms with van der Waals surface area (Å²) in [6, 6.07) is 3.87. The SMILES string of the molecule is C#CCS(=O)(=O)C(C)C(=O)Nc1c(C)cc(C)cc1C. The number of sulfone groups is 1. The van der Waals surface area contributed by atoms with Crippen LogP contribution >= 0.6 is 0 Å². The van der Waals surface area contributed by atoms with Crippen molar-refractivity contribution in [2.24, 2.45) is 0 Å². The molecule has 0 fully saturated rings. The van der Waals surface area contributed by atoms with Gasteiger partial charge in [0.1, 0.15) is 11.0 Å². The van der Waals surface area contributed by atoms with Crippen LogP contribution in [-0.4, -0.2) is 25.3 Å². The predicted octanol–water partition coefficient (Wildman–Crippen LogP) is 1.99. The van der Waals surface area contributed by atoms with Gasteiger partial charge in [0.05, 0.1) is 0 Å². The normalized spacial score (nSPS) is 12.6. The van der Waals surface area contributed by atoms with Crippen LogP contribution in [0.2, 0.25) is 0 Å². The van der Waals surface area contributed by atoms with Crippen molar-refractivity contribution < 1.29 is 13.2 Å². The van der Waals surface area contributed by atoms with Crippen molar-refractivity contribution in [3.63, 3.8) is 0 Å². The number of carbonyl (C=O) groups is 1. The lowest BCUT2D eigenvalue weighted by atomic mass is 10.1. The van der Waals surface area contributed by atoms with Gasteiger partial charge in [0, 0.05) is 5.69 Å². The van der Waals surface area contributed by atoms with E-state index in [4.69, 9.17) is 6.42 Å². The molecule has 1 atom stereocenters. The van der Waals surface area contributed by atoms with Crippen molar-refractivity contribution in [3.05, 3.63) is 28.8 Å². The lowest BCUT2D eigenvalue weighted by Gasteiger charge is -2.16. The Labute approximate surface area is 120 Å². The molecule has 1 N–H and O–H groups in total. The maximum atomic E-state index is 12.1. The molecule has 1 aromatic carbocycles. The highest BCUT2D eigenvalue weighted by molar-refractivity contribution is 7.93. The Morgan fingerprint density at radius 2 is 1.80 bits per heavy atom. The van der Waals surface area contributed by atoms with Crippen molar-refractivity contribution in [1.82, 2.24) is 0 Å². The second kappa shape index (κ2) is 6.10. The van der Waals surface area contributed by atoms with Gasteiger partial charge in [0.2, 0.25) is 5.91 Å². The lowest BCUT2D eigenvalue weighted by Crippen LogP contribution is -2.34. The van der Waals surface area contributed by atoms with Gasteiger partial charge < -0.3 is 5.32 Å². The minimum atomic E-state index is -3.61. The molecule has 1 aromatic rings. The smallest absolute Gasteiger partial charge is 0.242 e. The molecule has 0 aliphatic rings. The monoisotopic (exact) mass is 293 g/mol. The van der Waals surface area contributed by atoms with Crippen LogP contribution in [0.3, 0.4) is 0 Å². The van der Waals surface area contributed by atoms with Crippen LogP contribution in [-0.2, 0) is 14.6 Å². The van der Waals surface area contributed by atoms with Gasteiger partial charge in [-0.3, -0.25) is 4.79 Å². The molecule has 5 heteroatoms. The van der Waals surface area contributed by atoms with Gasteiger partial charge in [-0.15, -0.1) is 6.42 Å². The summed E-state index contributed by atoms with van der Waals surface area (Å²) in [7, 11) is -3.61. The number of benzene rings is 1. The standard InChI is InChI=1S/C15H19NO3S/c1-6-7-20(18,19)13(5)15(17)16-14-11(3)8-10(2)9-12(14)4/h1,8-9,13H,7H2,2-5H3,(H,16,17). The van der Waals surface area contributed by atoms with E-state index in [1.807, 2.05) is 32.9 Å². The second-order valence-electron chi connectivity index (χ2n) is 4.92. The maximum Gasteiger partial charge on any atom is 0.242 e. The molecule has 1 amide bonds. The molecule has 0 aliphatic heterocycles. The molecule has 0 saturated heterocycles. The molecule has 0 radical (unpaired) electrons. The van der Waals surface area contributed by atoms with E-state index in [1.165, 1.54) is 6.92 Å². The highest BCUT2D eigenvalue weighted by Gasteiger charge is 2.27. The van der Waals surface area contributed by atoms with E-state index in [9.17, 15) is 13.2 Å². The Morgan fingerprint density at radius 1 is 1.30 bits per heavy atom. The molecule has 108 valence electrons. The van der Waals surface area contributed by atoms with Gasteiger partial charge in [0.25, 0.3) is 0 Å². The summed E-state index contributed by atoms with van der Waals surface area (Å²) in [6.07, 6.45) is 5.01. The largest absolute Gasteiger partial charge is 0.324 e. The fourth-order valence-corrected chi connectivity index (χ4v) is 2.87. The van der Waals surface area contributed by atoms with E-state index in [0.29, 0.717) is 5.69 Å². The number of anilines is 1. The number of hydrogen-bond donors (Lipinski definition) is 1. The molecule has 1 unspecified atom stereocenters. The summed E-state index contributed by atoms with van der Waals surface area (Å²) in [5.74, 6) is 1.07. The van der Waals surface area contributed by atoms with E-state index in [1.54, 1.807) is 0 Å². The molecule has 0 bridgehead atoms. The van der Waals surface area contributed by atoms with Crippen LogP contribution in [0.25, 0.3) is 0 Å². The Balaban J connectivity index is 3.01. The third-order valence-electron chi connectivity index (χ3n) is 3.12. The lowest BCUT2D eigenvalue weighted by molar-refractivity contribution is -0.115. The zero-order chi connectivity index (χ0) is 15.5. The van der Waals surface area contributed by atoms with Gasteiger partial charge in [-0.1, -0.05) is 23.6 Å². The van der Waals surface area contributed by atoms with Crippen LogP contribution < -0.4 is 5.32 Å². The van der Waals surface area contributed by atoms with E-state index < -0.39 is 26.7 Å². The van der Waals surface area contributed by atoms with E-state index in [2.05, 4.69) is 11.2 Å². The van der Waals surface area contributed by atoms with Crippen LogP contribution in [0.1, 0.15) is 23.6 Å². The number of terminal acetylenes is 1. The zero-order valence-electron chi connectivity index (χ0n) is 12.1. The second-order valence-corrected chi connectivity index (χ2v) is 7.24. The molecular formula is C15H19NO3S. The topological polar surface area (TPSA) is 63.2 Å². The van der Waals surface area contributed by atoms with Gasteiger partial charge in [0.15, 0.2) is 9.84 Å². The summed E-state index contributed by atoms with van der Waals surface area (Å²) in [6.45, 7) is 7.05. The van der Waals surface area contributed by atoms with Crippen molar-refractivity contribution in [2.45, 2.75) is 32.9 Å². The first-order chi connectivity index (χ1) is 9.19. The first-order valence-electron chi connectivity index (χ1n) is 6.22. The first-order valence-corrected chi connectivity index (χ1v) is 7.94.